The predicted molar refractivity (Wildman–Crippen MR) is 104 cm³/mol. The molecule has 1 unspecified atom stereocenters. The van der Waals surface area contributed by atoms with Crippen LogP contribution in [0.25, 0.3) is 5.69 Å². The Morgan fingerprint density at radius 1 is 1.17 bits per heavy atom. The lowest BCUT2D eigenvalue weighted by atomic mass is 10.0. The average Bonchev–Trinajstić information content (AvgIpc) is 3.33. The van der Waals surface area contributed by atoms with Crippen LogP contribution in [0.15, 0.2) is 36.7 Å². The lowest BCUT2D eigenvalue weighted by molar-refractivity contribution is 0.0130. The molecule has 0 radical (unpaired) electrons. The van der Waals surface area contributed by atoms with Gasteiger partial charge in [-0.25, -0.2) is 9.48 Å². The van der Waals surface area contributed by atoms with E-state index in [2.05, 4.69) is 10.3 Å². The largest absolute Gasteiger partial charge is 0.447 e. The van der Waals surface area contributed by atoms with Crippen molar-refractivity contribution in [1.82, 2.24) is 24.8 Å². The van der Waals surface area contributed by atoms with Crippen LogP contribution >= 0.6 is 0 Å². The van der Waals surface area contributed by atoms with Gasteiger partial charge in [-0.2, -0.15) is 0 Å². The molecule has 2 amide bonds. The number of carbonyl (C=O) groups is 2. The van der Waals surface area contributed by atoms with Gasteiger partial charge in [0.1, 0.15) is 6.61 Å². The van der Waals surface area contributed by atoms with Crippen molar-refractivity contribution in [2.24, 2.45) is 0 Å². The minimum absolute atomic E-state index is 0.0564. The van der Waals surface area contributed by atoms with Gasteiger partial charge in [-0.3, -0.25) is 4.79 Å². The summed E-state index contributed by atoms with van der Waals surface area (Å²) in [5.74, 6) is -0.0564. The maximum Gasteiger partial charge on any atom is 0.409 e. The number of carbonyl (C=O) groups excluding carboxylic acids is 2. The maximum atomic E-state index is 13.2. The standard InChI is InChI=1S/C20H25N5O4/c26-19(16-4-3-6-17(14-16)25-9-7-21-22-25)24-8-2-1-5-18(24)15-29-20(27)23-10-12-28-13-11-23/h3-4,6-7,9,14,18H,1-2,5,8,10-13,15H2. The lowest BCUT2D eigenvalue weighted by Gasteiger charge is -2.36. The normalized spacial score (nSPS) is 19.8. The highest BCUT2D eigenvalue weighted by Crippen LogP contribution is 2.21. The number of morpholine rings is 1. The van der Waals surface area contributed by atoms with E-state index in [1.165, 1.54) is 0 Å². The molecule has 2 aliphatic rings. The van der Waals surface area contributed by atoms with Crippen LogP contribution in [0.3, 0.4) is 0 Å². The van der Waals surface area contributed by atoms with Gasteiger partial charge in [0.05, 0.1) is 37.3 Å². The van der Waals surface area contributed by atoms with Gasteiger partial charge in [-0.1, -0.05) is 11.3 Å². The Morgan fingerprint density at radius 3 is 2.83 bits per heavy atom. The highest BCUT2D eigenvalue weighted by Gasteiger charge is 2.29. The van der Waals surface area contributed by atoms with E-state index in [0.717, 1.165) is 24.9 Å². The van der Waals surface area contributed by atoms with Gasteiger partial charge in [0.15, 0.2) is 0 Å². The van der Waals surface area contributed by atoms with E-state index in [0.29, 0.717) is 38.4 Å². The highest BCUT2D eigenvalue weighted by molar-refractivity contribution is 5.95. The van der Waals surface area contributed by atoms with Gasteiger partial charge in [0.25, 0.3) is 5.91 Å². The van der Waals surface area contributed by atoms with Crippen molar-refractivity contribution in [1.29, 1.82) is 0 Å². The van der Waals surface area contributed by atoms with Crippen molar-refractivity contribution >= 4 is 12.0 Å². The number of benzene rings is 1. The molecule has 4 rings (SSSR count). The van der Waals surface area contributed by atoms with Gasteiger partial charge in [-0.05, 0) is 37.5 Å². The molecule has 0 bridgehead atoms. The second-order valence-electron chi connectivity index (χ2n) is 7.22. The first-order valence-electron chi connectivity index (χ1n) is 9.99. The zero-order chi connectivity index (χ0) is 20.1. The lowest BCUT2D eigenvalue weighted by Crippen LogP contribution is -2.48. The van der Waals surface area contributed by atoms with E-state index in [1.807, 2.05) is 23.1 Å². The number of piperidine rings is 1. The second-order valence-corrected chi connectivity index (χ2v) is 7.22. The van der Waals surface area contributed by atoms with E-state index in [-0.39, 0.29) is 24.6 Å². The van der Waals surface area contributed by atoms with E-state index in [9.17, 15) is 9.59 Å². The molecule has 0 saturated carbocycles. The molecule has 1 atom stereocenters. The molecule has 2 aromatic rings. The zero-order valence-corrected chi connectivity index (χ0v) is 16.3. The van der Waals surface area contributed by atoms with Crippen molar-refractivity contribution < 1.29 is 19.1 Å². The Balaban J connectivity index is 1.42. The van der Waals surface area contributed by atoms with Crippen molar-refractivity contribution in [2.75, 3.05) is 39.5 Å². The molecule has 1 aromatic heterocycles. The molecule has 9 nitrogen and oxygen atoms in total. The first kappa shape index (κ1) is 19.4. The van der Waals surface area contributed by atoms with Crippen LogP contribution in [0.1, 0.15) is 29.6 Å². The van der Waals surface area contributed by atoms with E-state index in [4.69, 9.17) is 9.47 Å². The first-order chi connectivity index (χ1) is 14.2. The molecule has 2 fully saturated rings. The summed E-state index contributed by atoms with van der Waals surface area (Å²) in [6.45, 7) is 3.02. The van der Waals surface area contributed by atoms with Crippen molar-refractivity contribution in [3.8, 4) is 5.69 Å². The quantitative estimate of drug-likeness (QED) is 0.778. The molecular formula is C20H25N5O4. The number of nitrogens with zero attached hydrogens (tertiary/aromatic N) is 5. The molecule has 9 heteroatoms. The number of aromatic nitrogens is 3. The van der Waals surface area contributed by atoms with E-state index >= 15 is 0 Å². The van der Waals surface area contributed by atoms with Crippen LogP contribution in [-0.2, 0) is 9.47 Å². The summed E-state index contributed by atoms with van der Waals surface area (Å²) in [5, 5.41) is 7.79. The Morgan fingerprint density at radius 2 is 2.03 bits per heavy atom. The summed E-state index contributed by atoms with van der Waals surface area (Å²) in [6.07, 6.45) is 5.78. The minimum Gasteiger partial charge on any atom is -0.447 e. The SMILES string of the molecule is O=C(OCC1CCCCN1C(=O)c1cccc(-n2ccnn2)c1)N1CCOCC1. The van der Waals surface area contributed by atoms with E-state index < -0.39 is 0 Å². The third-order valence-electron chi connectivity index (χ3n) is 5.34. The maximum absolute atomic E-state index is 13.2. The highest BCUT2D eigenvalue weighted by atomic mass is 16.6. The summed E-state index contributed by atoms with van der Waals surface area (Å²) < 4.78 is 12.4. The fourth-order valence-electron chi connectivity index (χ4n) is 3.74. The molecular weight excluding hydrogens is 374 g/mol. The predicted octanol–water partition coefficient (Wildman–Crippen LogP) is 1.73. The number of hydrogen-bond acceptors (Lipinski definition) is 6. The summed E-state index contributed by atoms with van der Waals surface area (Å²) in [5.41, 5.74) is 1.37. The van der Waals surface area contributed by atoms with Crippen LogP contribution in [0.4, 0.5) is 4.79 Å². The monoisotopic (exact) mass is 399 g/mol. The fourth-order valence-corrected chi connectivity index (χ4v) is 3.74. The molecule has 154 valence electrons. The Hall–Kier alpha value is -2.94. The van der Waals surface area contributed by atoms with Crippen LogP contribution < -0.4 is 0 Å². The molecule has 2 aliphatic heterocycles. The van der Waals surface area contributed by atoms with Crippen LogP contribution in [0.5, 0.6) is 0 Å². The topological polar surface area (TPSA) is 89.8 Å². The first-order valence-corrected chi connectivity index (χ1v) is 9.99. The summed E-state index contributed by atoms with van der Waals surface area (Å²) in [7, 11) is 0. The minimum atomic E-state index is -0.334. The van der Waals surface area contributed by atoms with Crippen LogP contribution in [0, 0.1) is 0 Å². The van der Waals surface area contributed by atoms with E-state index in [1.54, 1.807) is 28.0 Å². The third kappa shape index (κ3) is 4.56. The zero-order valence-electron chi connectivity index (χ0n) is 16.3. The molecule has 1 aromatic carbocycles. The van der Waals surface area contributed by atoms with Gasteiger partial charge in [0.2, 0.25) is 0 Å². The molecule has 0 N–H and O–H groups in total. The van der Waals surface area contributed by atoms with Gasteiger partial charge < -0.3 is 19.3 Å². The Bertz CT molecular complexity index is 835. The Kier molecular flexibility index (Phi) is 6.04. The van der Waals surface area contributed by atoms with Gasteiger partial charge >= 0.3 is 6.09 Å². The molecule has 3 heterocycles. The molecule has 0 aliphatic carbocycles. The average molecular weight is 399 g/mol. The molecule has 0 spiro atoms. The van der Waals surface area contributed by atoms with Crippen molar-refractivity contribution in [3.63, 3.8) is 0 Å². The molecule has 29 heavy (non-hydrogen) atoms. The second kappa shape index (κ2) is 9.04. The molecule has 2 saturated heterocycles. The van der Waals surface area contributed by atoms with Gasteiger partial charge in [-0.15, -0.1) is 5.10 Å². The fraction of sp³-hybridized carbons (Fsp3) is 0.500. The number of ether oxygens (including phenoxy) is 2. The van der Waals surface area contributed by atoms with Crippen LogP contribution in [-0.4, -0.2) is 82.3 Å². The number of rotatable bonds is 4. The summed E-state index contributed by atoms with van der Waals surface area (Å²) >= 11 is 0. The van der Waals surface area contributed by atoms with Crippen LogP contribution in [0.2, 0.25) is 0 Å². The van der Waals surface area contributed by atoms with Gasteiger partial charge in [0, 0.05) is 25.2 Å². The summed E-state index contributed by atoms with van der Waals surface area (Å²) in [4.78, 5) is 29.0. The summed E-state index contributed by atoms with van der Waals surface area (Å²) in [6, 6.07) is 7.21. The van der Waals surface area contributed by atoms with Crippen molar-refractivity contribution in [3.05, 3.63) is 42.2 Å². The Labute approximate surface area is 169 Å². The third-order valence-corrected chi connectivity index (χ3v) is 5.34. The number of likely N-dealkylation sites (tertiary alicyclic amines) is 1. The number of hydrogen-bond donors (Lipinski definition) is 0. The number of amides is 2. The van der Waals surface area contributed by atoms with Crippen molar-refractivity contribution in [2.45, 2.75) is 25.3 Å². The smallest absolute Gasteiger partial charge is 0.409 e.